The van der Waals surface area contributed by atoms with Crippen LogP contribution in [0.2, 0.25) is 0 Å². The van der Waals surface area contributed by atoms with Crippen molar-refractivity contribution in [3.8, 4) is 5.75 Å². The third-order valence-electron chi connectivity index (χ3n) is 4.03. The van der Waals surface area contributed by atoms with Gasteiger partial charge in [-0.15, -0.1) is 0 Å². The minimum Gasteiger partial charge on any atom is -0.492 e. The summed E-state index contributed by atoms with van der Waals surface area (Å²) in [4.78, 5) is 16.8. The molecule has 4 rings (SSSR count). The van der Waals surface area contributed by atoms with Crippen LogP contribution >= 0.6 is 11.8 Å². The average molecular weight is 362 g/mol. The van der Waals surface area contributed by atoms with E-state index in [1.54, 1.807) is 16.7 Å². The monoisotopic (exact) mass is 362 g/mol. The minimum atomic E-state index is -0.151. The first-order valence-electron chi connectivity index (χ1n) is 8.44. The molecule has 26 heavy (non-hydrogen) atoms. The summed E-state index contributed by atoms with van der Waals surface area (Å²) in [6.45, 7) is 0.851. The largest absolute Gasteiger partial charge is 0.492 e. The van der Waals surface area contributed by atoms with Crippen LogP contribution < -0.4 is 15.0 Å². The van der Waals surface area contributed by atoms with Gasteiger partial charge in [0.25, 0.3) is 0 Å². The number of urea groups is 1. The molecular formula is C21H18N2O2S. The van der Waals surface area contributed by atoms with Crippen LogP contribution in [-0.2, 0) is 0 Å². The lowest BCUT2D eigenvalue weighted by molar-refractivity contribution is 0.243. The molecule has 3 aromatic rings. The number of anilines is 2. The zero-order valence-electron chi connectivity index (χ0n) is 14.1. The summed E-state index contributed by atoms with van der Waals surface area (Å²) < 4.78 is 5.65. The number of fused-ring (bicyclic) bond motifs is 2. The highest BCUT2D eigenvalue weighted by molar-refractivity contribution is 7.99. The molecule has 1 aliphatic rings. The zero-order chi connectivity index (χ0) is 17.8. The molecule has 4 nitrogen and oxygen atoms in total. The van der Waals surface area contributed by atoms with E-state index in [0.717, 1.165) is 26.9 Å². The molecule has 3 aromatic carbocycles. The van der Waals surface area contributed by atoms with Gasteiger partial charge >= 0.3 is 6.03 Å². The Hall–Kier alpha value is -2.92. The van der Waals surface area contributed by atoms with Crippen LogP contribution in [0.1, 0.15) is 0 Å². The third kappa shape index (κ3) is 3.39. The highest BCUT2D eigenvalue weighted by Gasteiger charge is 2.27. The Morgan fingerprint density at radius 2 is 1.42 bits per heavy atom. The minimum absolute atomic E-state index is 0.151. The van der Waals surface area contributed by atoms with Crippen LogP contribution in [0.15, 0.2) is 88.7 Å². The van der Waals surface area contributed by atoms with Crippen molar-refractivity contribution < 1.29 is 9.53 Å². The number of para-hydroxylation sites is 3. The lowest BCUT2D eigenvalue weighted by Crippen LogP contribution is -2.40. The lowest BCUT2D eigenvalue weighted by Gasteiger charge is -2.31. The molecule has 1 heterocycles. The topological polar surface area (TPSA) is 41.6 Å². The molecule has 1 N–H and O–H groups in total. The second kappa shape index (κ2) is 7.54. The number of ether oxygens (including phenoxy) is 1. The molecule has 0 fully saturated rings. The number of nitrogens with one attached hydrogen (secondary N) is 1. The van der Waals surface area contributed by atoms with Gasteiger partial charge in [0.1, 0.15) is 12.4 Å². The first-order chi connectivity index (χ1) is 12.8. The lowest BCUT2D eigenvalue weighted by atomic mass is 10.2. The van der Waals surface area contributed by atoms with E-state index >= 15 is 0 Å². The maximum absolute atomic E-state index is 12.9. The van der Waals surface area contributed by atoms with E-state index in [-0.39, 0.29) is 6.03 Å². The number of benzene rings is 3. The number of amides is 2. The predicted octanol–water partition coefficient (Wildman–Crippen LogP) is 5.08. The summed E-state index contributed by atoms with van der Waals surface area (Å²) in [6, 6.07) is 25.3. The van der Waals surface area contributed by atoms with E-state index in [4.69, 9.17) is 4.74 Å². The van der Waals surface area contributed by atoms with Crippen molar-refractivity contribution in [3.63, 3.8) is 0 Å². The van der Waals surface area contributed by atoms with Crippen molar-refractivity contribution in [2.75, 3.05) is 18.1 Å². The Bertz CT molecular complexity index is 869. The predicted molar refractivity (Wildman–Crippen MR) is 104 cm³/mol. The van der Waals surface area contributed by atoms with Crippen molar-refractivity contribution in [2.45, 2.75) is 9.79 Å². The fourth-order valence-corrected chi connectivity index (χ4v) is 3.90. The molecule has 0 bridgehead atoms. The first-order valence-corrected chi connectivity index (χ1v) is 9.26. The molecule has 130 valence electrons. The van der Waals surface area contributed by atoms with Gasteiger partial charge in [0.05, 0.1) is 17.9 Å². The first kappa shape index (κ1) is 16.5. The van der Waals surface area contributed by atoms with Crippen molar-refractivity contribution in [2.24, 2.45) is 0 Å². The molecule has 1 aliphatic heterocycles. The Balaban J connectivity index is 1.47. The van der Waals surface area contributed by atoms with Crippen molar-refractivity contribution in [3.05, 3.63) is 78.9 Å². The molecule has 0 aromatic heterocycles. The van der Waals surface area contributed by atoms with Gasteiger partial charge in [0, 0.05) is 9.79 Å². The maximum atomic E-state index is 12.9. The van der Waals surface area contributed by atoms with Gasteiger partial charge in [-0.1, -0.05) is 54.2 Å². The van der Waals surface area contributed by atoms with Crippen LogP contribution in [0.4, 0.5) is 16.2 Å². The SMILES string of the molecule is O=C(NCCOc1ccccc1)N1c2ccccc2Sc2ccccc21. The van der Waals surface area contributed by atoms with Crippen molar-refractivity contribution >= 4 is 29.2 Å². The molecule has 5 heteroatoms. The second-order valence-electron chi connectivity index (χ2n) is 5.77. The third-order valence-corrected chi connectivity index (χ3v) is 5.16. The van der Waals surface area contributed by atoms with Crippen LogP contribution in [0.5, 0.6) is 5.75 Å². The molecule has 0 saturated heterocycles. The van der Waals surface area contributed by atoms with Crippen LogP contribution in [0.3, 0.4) is 0 Å². The Morgan fingerprint density at radius 3 is 2.08 bits per heavy atom. The normalized spacial score (nSPS) is 12.1. The van der Waals surface area contributed by atoms with Crippen molar-refractivity contribution in [1.82, 2.24) is 5.32 Å². The van der Waals surface area contributed by atoms with E-state index in [9.17, 15) is 4.79 Å². The van der Waals surface area contributed by atoms with Gasteiger partial charge in [-0.25, -0.2) is 4.79 Å². The van der Waals surface area contributed by atoms with E-state index in [0.29, 0.717) is 13.2 Å². The van der Waals surface area contributed by atoms with E-state index in [1.807, 2.05) is 78.9 Å². The van der Waals surface area contributed by atoms with E-state index in [1.165, 1.54) is 0 Å². The quantitative estimate of drug-likeness (QED) is 0.658. The van der Waals surface area contributed by atoms with Gasteiger partial charge in [-0.3, -0.25) is 4.90 Å². The summed E-state index contributed by atoms with van der Waals surface area (Å²) in [5.41, 5.74) is 1.80. The van der Waals surface area contributed by atoms with Gasteiger partial charge in [-0.2, -0.15) is 0 Å². The summed E-state index contributed by atoms with van der Waals surface area (Å²) >= 11 is 1.68. The average Bonchev–Trinajstić information content (AvgIpc) is 2.70. The number of hydrogen-bond acceptors (Lipinski definition) is 3. The van der Waals surface area contributed by atoms with Crippen molar-refractivity contribution in [1.29, 1.82) is 0 Å². The van der Waals surface area contributed by atoms with E-state index in [2.05, 4.69) is 5.32 Å². The van der Waals surface area contributed by atoms with Crippen LogP contribution in [0, 0.1) is 0 Å². The zero-order valence-corrected chi connectivity index (χ0v) is 14.9. The summed E-state index contributed by atoms with van der Waals surface area (Å²) in [7, 11) is 0. The molecule has 0 unspecified atom stereocenters. The molecule has 0 radical (unpaired) electrons. The van der Waals surface area contributed by atoms with Crippen LogP contribution in [-0.4, -0.2) is 19.2 Å². The summed E-state index contributed by atoms with van der Waals surface area (Å²) in [5.74, 6) is 0.798. The summed E-state index contributed by atoms with van der Waals surface area (Å²) in [6.07, 6.45) is 0. The summed E-state index contributed by atoms with van der Waals surface area (Å²) in [5, 5.41) is 2.96. The molecular weight excluding hydrogens is 344 g/mol. The fraction of sp³-hybridized carbons (Fsp3) is 0.0952. The molecule has 2 amide bonds. The number of hydrogen-bond donors (Lipinski definition) is 1. The van der Waals surface area contributed by atoms with E-state index < -0.39 is 0 Å². The Morgan fingerprint density at radius 1 is 0.846 bits per heavy atom. The standard InChI is InChI=1S/C21H18N2O2S/c24-21(22-14-15-25-16-8-2-1-3-9-16)23-17-10-4-6-12-19(17)26-20-13-7-5-11-18(20)23/h1-13H,14-15H2,(H,22,24). The maximum Gasteiger partial charge on any atom is 0.326 e. The van der Waals surface area contributed by atoms with Gasteiger partial charge in [0.2, 0.25) is 0 Å². The van der Waals surface area contributed by atoms with Crippen LogP contribution in [0.25, 0.3) is 0 Å². The smallest absolute Gasteiger partial charge is 0.326 e. The molecule has 0 atom stereocenters. The van der Waals surface area contributed by atoms with Gasteiger partial charge in [0.15, 0.2) is 0 Å². The Kier molecular flexibility index (Phi) is 4.80. The highest BCUT2D eigenvalue weighted by atomic mass is 32.2. The number of carbonyl (C=O) groups is 1. The molecule has 0 aliphatic carbocycles. The van der Waals surface area contributed by atoms with Gasteiger partial charge in [-0.05, 0) is 36.4 Å². The number of rotatable bonds is 4. The van der Waals surface area contributed by atoms with Gasteiger partial charge < -0.3 is 10.1 Å². The fourth-order valence-electron chi connectivity index (χ4n) is 2.85. The number of carbonyl (C=O) groups excluding carboxylic acids is 1. The molecule has 0 saturated carbocycles. The second-order valence-corrected chi connectivity index (χ2v) is 6.85. The number of nitrogens with zero attached hydrogens (tertiary/aromatic N) is 1. The Labute approximate surface area is 156 Å². The molecule has 0 spiro atoms. The highest BCUT2D eigenvalue weighted by Crippen LogP contribution is 2.47.